The Balaban J connectivity index is 1.92. The van der Waals surface area contributed by atoms with Crippen LogP contribution in [0, 0.1) is 26.6 Å². The molecule has 2 aromatic rings. The number of sulfonamides is 1. The van der Waals surface area contributed by atoms with Crippen LogP contribution in [-0.4, -0.2) is 44.9 Å². The Morgan fingerprint density at radius 3 is 2.29 bits per heavy atom. The van der Waals surface area contributed by atoms with Crippen molar-refractivity contribution in [2.24, 2.45) is 0 Å². The van der Waals surface area contributed by atoms with E-state index in [1.165, 1.54) is 10.4 Å². The molecule has 1 N–H and O–H groups in total. The zero-order valence-electron chi connectivity index (χ0n) is 16.1. The highest BCUT2D eigenvalue weighted by Crippen LogP contribution is 2.25. The monoisotopic (exact) mass is 406 g/mol. The molecule has 0 atom stereocenters. The number of nitrogens with zero attached hydrogens (tertiary/aromatic N) is 1. The molecule has 1 amide bonds. The van der Waals surface area contributed by atoms with Crippen LogP contribution >= 0.6 is 0 Å². The van der Waals surface area contributed by atoms with E-state index in [2.05, 4.69) is 5.32 Å². The van der Waals surface area contributed by atoms with Gasteiger partial charge in [-0.1, -0.05) is 17.7 Å². The molecule has 8 heteroatoms. The third kappa shape index (κ3) is 4.09. The quantitative estimate of drug-likeness (QED) is 0.847. The van der Waals surface area contributed by atoms with Crippen LogP contribution in [0.15, 0.2) is 35.2 Å². The molecule has 0 unspecified atom stereocenters. The molecular formula is C20H23FN2O4S. The van der Waals surface area contributed by atoms with Gasteiger partial charge in [0.15, 0.2) is 0 Å². The minimum absolute atomic E-state index is 0.0765. The molecule has 1 aliphatic heterocycles. The Hall–Kier alpha value is -2.29. The van der Waals surface area contributed by atoms with Crippen LogP contribution in [0.3, 0.4) is 0 Å². The minimum Gasteiger partial charge on any atom is -0.379 e. The van der Waals surface area contributed by atoms with E-state index in [-0.39, 0.29) is 31.9 Å². The molecule has 6 nitrogen and oxygen atoms in total. The molecule has 1 fully saturated rings. The van der Waals surface area contributed by atoms with Crippen molar-refractivity contribution < 1.29 is 22.3 Å². The van der Waals surface area contributed by atoms with E-state index in [0.717, 1.165) is 28.8 Å². The number of hydrogen-bond donors (Lipinski definition) is 1. The van der Waals surface area contributed by atoms with E-state index in [4.69, 9.17) is 4.74 Å². The number of morpholine rings is 1. The highest BCUT2D eigenvalue weighted by molar-refractivity contribution is 7.89. The minimum atomic E-state index is -4.05. The molecule has 2 aromatic carbocycles. The normalized spacial score (nSPS) is 15.4. The lowest BCUT2D eigenvalue weighted by Crippen LogP contribution is -2.41. The molecule has 0 spiro atoms. The summed E-state index contributed by atoms with van der Waals surface area (Å²) in [6.45, 7) is 6.55. The second kappa shape index (κ2) is 7.98. The first kappa shape index (κ1) is 20.4. The number of benzene rings is 2. The number of aryl methyl sites for hydroxylation is 3. The molecule has 0 saturated carbocycles. The molecule has 150 valence electrons. The standard InChI is InChI=1S/C20H23FN2O4S/c1-13-10-14(2)19(15(3)11-13)22-20(24)16-4-5-17(21)18(12-16)28(25,26)23-6-8-27-9-7-23/h4-5,10-12H,6-9H2,1-3H3,(H,22,24). The zero-order chi connectivity index (χ0) is 20.5. The van der Waals surface area contributed by atoms with E-state index < -0.39 is 26.6 Å². The van der Waals surface area contributed by atoms with Crippen molar-refractivity contribution in [2.75, 3.05) is 31.6 Å². The molecule has 28 heavy (non-hydrogen) atoms. The predicted octanol–water partition coefficient (Wildman–Crippen LogP) is 3.02. The second-order valence-corrected chi connectivity index (χ2v) is 8.80. The number of halogens is 1. The smallest absolute Gasteiger partial charge is 0.255 e. The van der Waals surface area contributed by atoms with Crippen molar-refractivity contribution >= 4 is 21.6 Å². The Morgan fingerprint density at radius 1 is 1.07 bits per heavy atom. The average molecular weight is 406 g/mol. The van der Waals surface area contributed by atoms with Crippen molar-refractivity contribution in [1.29, 1.82) is 0 Å². The summed E-state index contributed by atoms with van der Waals surface area (Å²) in [6, 6.07) is 7.27. The number of hydrogen-bond acceptors (Lipinski definition) is 4. The molecule has 0 aromatic heterocycles. The molecule has 3 rings (SSSR count). The number of carbonyl (C=O) groups excluding carboxylic acids is 1. The van der Waals surface area contributed by atoms with Gasteiger partial charge < -0.3 is 10.1 Å². The SMILES string of the molecule is Cc1cc(C)c(NC(=O)c2ccc(F)c(S(=O)(=O)N3CCOCC3)c2)c(C)c1. The topological polar surface area (TPSA) is 75.7 Å². The van der Waals surface area contributed by atoms with Crippen LogP contribution in [0.5, 0.6) is 0 Å². The molecule has 1 aliphatic rings. The largest absolute Gasteiger partial charge is 0.379 e. The van der Waals surface area contributed by atoms with E-state index in [0.29, 0.717) is 5.69 Å². The van der Waals surface area contributed by atoms with Gasteiger partial charge in [-0.25, -0.2) is 12.8 Å². The van der Waals surface area contributed by atoms with Gasteiger partial charge in [-0.3, -0.25) is 4.79 Å². The summed E-state index contributed by atoms with van der Waals surface area (Å²) in [7, 11) is -4.05. The number of rotatable bonds is 4. The fraction of sp³-hybridized carbons (Fsp3) is 0.350. The van der Waals surface area contributed by atoms with Gasteiger partial charge in [-0.05, 0) is 50.1 Å². The number of anilines is 1. The maximum atomic E-state index is 14.3. The lowest BCUT2D eigenvalue weighted by molar-refractivity contribution is 0.0729. The highest BCUT2D eigenvalue weighted by atomic mass is 32.2. The first-order valence-corrected chi connectivity index (χ1v) is 10.4. The predicted molar refractivity (Wildman–Crippen MR) is 105 cm³/mol. The fourth-order valence-electron chi connectivity index (χ4n) is 3.33. The summed E-state index contributed by atoms with van der Waals surface area (Å²) in [5.41, 5.74) is 3.61. The molecule has 1 heterocycles. The van der Waals surface area contributed by atoms with E-state index in [9.17, 15) is 17.6 Å². The Morgan fingerprint density at radius 2 is 1.68 bits per heavy atom. The van der Waals surface area contributed by atoms with Gasteiger partial charge in [0.25, 0.3) is 5.91 Å². The summed E-state index contributed by atoms with van der Waals surface area (Å²) < 4.78 is 46.2. The Labute approximate surface area is 164 Å². The number of ether oxygens (including phenoxy) is 1. The Kier molecular flexibility index (Phi) is 5.83. The van der Waals surface area contributed by atoms with Gasteiger partial charge in [0.1, 0.15) is 10.7 Å². The number of carbonyl (C=O) groups is 1. The van der Waals surface area contributed by atoms with Crippen LogP contribution in [0.25, 0.3) is 0 Å². The molecule has 0 aliphatic carbocycles. The van der Waals surface area contributed by atoms with Gasteiger partial charge in [0, 0.05) is 24.3 Å². The molecule has 0 radical (unpaired) electrons. The van der Waals surface area contributed by atoms with E-state index in [1.54, 1.807) is 0 Å². The Bertz CT molecular complexity index is 992. The average Bonchev–Trinajstić information content (AvgIpc) is 2.65. The van der Waals surface area contributed by atoms with Crippen LogP contribution < -0.4 is 5.32 Å². The number of nitrogens with one attached hydrogen (secondary N) is 1. The van der Waals surface area contributed by atoms with Crippen LogP contribution in [0.4, 0.5) is 10.1 Å². The summed E-state index contributed by atoms with van der Waals surface area (Å²) >= 11 is 0. The summed E-state index contributed by atoms with van der Waals surface area (Å²) in [5.74, 6) is -1.38. The number of amides is 1. The van der Waals surface area contributed by atoms with Gasteiger partial charge >= 0.3 is 0 Å². The molecule has 0 bridgehead atoms. The summed E-state index contributed by atoms with van der Waals surface area (Å²) in [4.78, 5) is 12.2. The van der Waals surface area contributed by atoms with Crippen LogP contribution in [0.1, 0.15) is 27.0 Å². The third-order valence-electron chi connectivity index (χ3n) is 4.70. The summed E-state index contributed by atoms with van der Waals surface area (Å²) in [6.07, 6.45) is 0. The summed E-state index contributed by atoms with van der Waals surface area (Å²) in [5, 5.41) is 2.81. The highest BCUT2D eigenvalue weighted by Gasteiger charge is 2.29. The lowest BCUT2D eigenvalue weighted by Gasteiger charge is -2.26. The van der Waals surface area contributed by atoms with E-state index >= 15 is 0 Å². The first-order chi connectivity index (χ1) is 13.2. The van der Waals surface area contributed by atoms with Crippen molar-refractivity contribution in [3.63, 3.8) is 0 Å². The zero-order valence-corrected chi connectivity index (χ0v) is 16.9. The third-order valence-corrected chi connectivity index (χ3v) is 6.61. The van der Waals surface area contributed by atoms with Gasteiger partial charge in [-0.2, -0.15) is 4.31 Å². The maximum Gasteiger partial charge on any atom is 0.255 e. The van der Waals surface area contributed by atoms with Crippen molar-refractivity contribution in [2.45, 2.75) is 25.7 Å². The first-order valence-electron chi connectivity index (χ1n) is 8.97. The van der Waals surface area contributed by atoms with Gasteiger partial charge in [0.05, 0.1) is 13.2 Å². The fourth-order valence-corrected chi connectivity index (χ4v) is 4.83. The van der Waals surface area contributed by atoms with Crippen LogP contribution in [-0.2, 0) is 14.8 Å². The van der Waals surface area contributed by atoms with Crippen molar-refractivity contribution in [3.8, 4) is 0 Å². The van der Waals surface area contributed by atoms with Crippen LogP contribution in [0.2, 0.25) is 0 Å². The molecular weight excluding hydrogens is 383 g/mol. The van der Waals surface area contributed by atoms with E-state index in [1.807, 2.05) is 32.9 Å². The lowest BCUT2D eigenvalue weighted by atomic mass is 10.0. The molecule has 1 saturated heterocycles. The maximum absolute atomic E-state index is 14.3. The second-order valence-electron chi connectivity index (χ2n) is 6.89. The van der Waals surface area contributed by atoms with Crippen molar-refractivity contribution in [3.05, 3.63) is 58.4 Å². The van der Waals surface area contributed by atoms with Gasteiger partial charge in [-0.15, -0.1) is 0 Å². The van der Waals surface area contributed by atoms with Crippen molar-refractivity contribution in [1.82, 2.24) is 4.31 Å². The van der Waals surface area contributed by atoms with Gasteiger partial charge in [0.2, 0.25) is 10.0 Å².